The molecule has 0 atom stereocenters. The molecule has 2 aromatic rings. The van der Waals surface area contributed by atoms with Crippen LogP contribution in [-0.2, 0) is 17.9 Å². The van der Waals surface area contributed by atoms with E-state index in [1.165, 1.54) is 0 Å². The van der Waals surface area contributed by atoms with Crippen molar-refractivity contribution >= 4 is 17.6 Å². The van der Waals surface area contributed by atoms with Crippen molar-refractivity contribution in [1.29, 1.82) is 0 Å². The van der Waals surface area contributed by atoms with Crippen molar-refractivity contribution < 1.29 is 9.53 Å². The van der Waals surface area contributed by atoms with E-state index >= 15 is 0 Å². The summed E-state index contributed by atoms with van der Waals surface area (Å²) in [5.41, 5.74) is 7.71. The number of ether oxygens (including phenoxy) is 1. The molecule has 0 amide bonds. The number of benzene rings is 2. The maximum Gasteiger partial charge on any atom is 0.338 e. The molecule has 0 fully saturated rings. The van der Waals surface area contributed by atoms with Gasteiger partial charge in [0.15, 0.2) is 0 Å². The fourth-order valence-corrected chi connectivity index (χ4v) is 1.86. The SMILES string of the molecule is NCc1cccc(C(=O)OCc2ccccc2Cl)c1. The summed E-state index contributed by atoms with van der Waals surface area (Å²) in [6.45, 7) is 0.553. The molecule has 0 saturated heterocycles. The van der Waals surface area contributed by atoms with E-state index in [1.54, 1.807) is 24.3 Å². The molecule has 0 aromatic heterocycles. The van der Waals surface area contributed by atoms with Crippen LogP contribution in [0.5, 0.6) is 0 Å². The van der Waals surface area contributed by atoms with Crippen LogP contribution in [0.4, 0.5) is 0 Å². The topological polar surface area (TPSA) is 52.3 Å². The Morgan fingerprint density at radius 1 is 1.16 bits per heavy atom. The summed E-state index contributed by atoms with van der Waals surface area (Å²) in [5, 5.41) is 0.589. The van der Waals surface area contributed by atoms with Crippen molar-refractivity contribution in [3.05, 3.63) is 70.2 Å². The van der Waals surface area contributed by atoms with Gasteiger partial charge in [-0.05, 0) is 23.8 Å². The summed E-state index contributed by atoms with van der Waals surface area (Å²) in [4.78, 5) is 11.9. The quantitative estimate of drug-likeness (QED) is 0.872. The second-order valence-corrected chi connectivity index (χ2v) is 4.48. The molecule has 0 spiro atoms. The monoisotopic (exact) mass is 275 g/mol. The number of esters is 1. The first-order valence-corrected chi connectivity index (χ1v) is 6.28. The molecule has 2 N–H and O–H groups in total. The van der Waals surface area contributed by atoms with Gasteiger partial charge in [0.1, 0.15) is 6.61 Å². The lowest BCUT2D eigenvalue weighted by Gasteiger charge is -2.07. The minimum atomic E-state index is -0.379. The van der Waals surface area contributed by atoms with E-state index in [-0.39, 0.29) is 12.6 Å². The average molecular weight is 276 g/mol. The normalized spacial score (nSPS) is 10.2. The van der Waals surface area contributed by atoms with Gasteiger partial charge < -0.3 is 10.5 Å². The van der Waals surface area contributed by atoms with Crippen LogP contribution in [-0.4, -0.2) is 5.97 Å². The molecule has 0 aliphatic rings. The standard InChI is InChI=1S/C15H14ClNO2/c16-14-7-2-1-5-13(14)10-19-15(18)12-6-3-4-11(8-12)9-17/h1-8H,9-10,17H2. The van der Waals surface area contributed by atoms with E-state index in [0.29, 0.717) is 17.1 Å². The number of nitrogens with two attached hydrogens (primary N) is 1. The zero-order valence-corrected chi connectivity index (χ0v) is 11.1. The molecule has 0 radical (unpaired) electrons. The third-order valence-electron chi connectivity index (χ3n) is 2.71. The summed E-state index contributed by atoms with van der Waals surface area (Å²) in [6.07, 6.45) is 0. The van der Waals surface area contributed by atoms with E-state index in [4.69, 9.17) is 22.1 Å². The Kier molecular flexibility index (Phi) is 4.55. The highest BCUT2D eigenvalue weighted by molar-refractivity contribution is 6.31. The minimum Gasteiger partial charge on any atom is -0.457 e. The van der Waals surface area contributed by atoms with Crippen LogP contribution in [0.15, 0.2) is 48.5 Å². The fraction of sp³-hybridized carbons (Fsp3) is 0.133. The molecular weight excluding hydrogens is 262 g/mol. The van der Waals surface area contributed by atoms with Gasteiger partial charge in [0.2, 0.25) is 0 Å². The lowest BCUT2D eigenvalue weighted by molar-refractivity contribution is 0.0473. The fourth-order valence-electron chi connectivity index (χ4n) is 1.67. The van der Waals surface area contributed by atoms with Crippen LogP contribution in [0.3, 0.4) is 0 Å². The van der Waals surface area contributed by atoms with Gasteiger partial charge in [-0.3, -0.25) is 0 Å². The van der Waals surface area contributed by atoms with Gasteiger partial charge in [-0.2, -0.15) is 0 Å². The first-order chi connectivity index (χ1) is 9.20. The molecule has 2 aromatic carbocycles. The summed E-state index contributed by atoms with van der Waals surface area (Å²) in [7, 11) is 0. The molecular formula is C15H14ClNO2. The molecule has 0 aliphatic heterocycles. The Balaban J connectivity index is 2.03. The van der Waals surface area contributed by atoms with Crippen molar-refractivity contribution in [3.8, 4) is 0 Å². The molecule has 0 saturated carbocycles. The Morgan fingerprint density at radius 2 is 1.95 bits per heavy atom. The Bertz CT molecular complexity index is 584. The predicted molar refractivity (Wildman–Crippen MR) is 74.9 cm³/mol. The summed E-state index contributed by atoms with van der Waals surface area (Å²) in [6, 6.07) is 14.4. The third kappa shape index (κ3) is 3.56. The summed E-state index contributed by atoms with van der Waals surface area (Å²) >= 11 is 5.99. The number of halogens is 1. The number of carbonyl (C=O) groups is 1. The molecule has 0 unspecified atom stereocenters. The molecule has 3 nitrogen and oxygen atoms in total. The first kappa shape index (κ1) is 13.6. The van der Waals surface area contributed by atoms with Gasteiger partial charge in [-0.25, -0.2) is 4.79 Å². The van der Waals surface area contributed by atoms with Gasteiger partial charge in [0.25, 0.3) is 0 Å². The Labute approximate surface area is 117 Å². The average Bonchev–Trinajstić information content (AvgIpc) is 2.46. The smallest absolute Gasteiger partial charge is 0.338 e. The van der Waals surface area contributed by atoms with Crippen molar-refractivity contribution in [3.63, 3.8) is 0 Å². The number of carbonyl (C=O) groups excluding carboxylic acids is 1. The van der Waals surface area contributed by atoms with Crippen LogP contribution >= 0.6 is 11.6 Å². The van der Waals surface area contributed by atoms with Crippen LogP contribution in [0.25, 0.3) is 0 Å². The maximum atomic E-state index is 11.9. The van der Waals surface area contributed by atoms with Crippen molar-refractivity contribution in [2.24, 2.45) is 5.73 Å². The van der Waals surface area contributed by atoms with Crippen LogP contribution in [0, 0.1) is 0 Å². The van der Waals surface area contributed by atoms with Crippen LogP contribution < -0.4 is 5.73 Å². The second kappa shape index (κ2) is 6.36. The Morgan fingerprint density at radius 3 is 2.68 bits per heavy atom. The molecule has 98 valence electrons. The molecule has 0 heterocycles. The van der Waals surface area contributed by atoms with Crippen LogP contribution in [0.2, 0.25) is 5.02 Å². The molecule has 0 aliphatic carbocycles. The summed E-state index contributed by atoms with van der Waals surface area (Å²) in [5.74, 6) is -0.379. The summed E-state index contributed by atoms with van der Waals surface area (Å²) < 4.78 is 5.23. The van der Waals surface area contributed by atoms with Gasteiger partial charge in [0, 0.05) is 17.1 Å². The van der Waals surface area contributed by atoms with E-state index in [2.05, 4.69) is 0 Å². The highest BCUT2D eigenvalue weighted by Crippen LogP contribution is 2.16. The second-order valence-electron chi connectivity index (χ2n) is 4.07. The molecule has 19 heavy (non-hydrogen) atoms. The zero-order chi connectivity index (χ0) is 13.7. The highest BCUT2D eigenvalue weighted by Gasteiger charge is 2.08. The first-order valence-electron chi connectivity index (χ1n) is 5.90. The molecule has 0 bridgehead atoms. The van der Waals surface area contributed by atoms with Crippen molar-refractivity contribution in [2.75, 3.05) is 0 Å². The molecule has 4 heteroatoms. The van der Waals surface area contributed by atoms with Gasteiger partial charge in [0.05, 0.1) is 5.56 Å². The van der Waals surface area contributed by atoms with Crippen LogP contribution in [0.1, 0.15) is 21.5 Å². The third-order valence-corrected chi connectivity index (χ3v) is 3.08. The molecule has 2 rings (SSSR count). The number of hydrogen-bond donors (Lipinski definition) is 1. The number of hydrogen-bond acceptors (Lipinski definition) is 3. The van der Waals surface area contributed by atoms with E-state index < -0.39 is 0 Å². The van der Waals surface area contributed by atoms with Gasteiger partial charge in [-0.1, -0.05) is 41.9 Å². The van der Waals surface area contributed by atoms with E-state index in [9.17, 15) is 4.79 Å². The van der Waals surface area contributed by atoms with Gasteiger partial charge in [-0.15, -0.1) is 0 Å². The predicted octanol–water partition coefficient (Wildman–Crippen LogP) is 3.16. The lowest BCUT2D eigenvalue weighted by Crippen LogP contribution is -2.07. The number of rotatable bonds is 4. The highest BCUT2D eigenvalue weighted by atomic mass is 35.5. The van der Waals surface area contributed by atoms with Crippen molar-refractivity contribution in [1.82, 2.24) is 0 Å². The van der Waals surface area contributed by atoms with E-state index in [0.717, 1.165) is 11.1 Å². The Hall–Kier alpha value is -1.84. The lowest BCUT2D eigenvalue weighted by atomic mass is 10.1. The largest absolute Gasteiger partial charge is 0.457 e. The van der Waals surface area contributed by atoms with Gasteiger partial charge >= 0.3 is 5.97 Å². The maximum absolute atomic E-state index is 11.9. The van der Waals surface area contributed by atoms with E-state index in [1.807, 2.05) is 24.3 Å². The van der Waals surface area contributed by atoms with Crippen molar-refractivity contribution in [2.45, 2.75) is 13.2 Å². The zero-order valence-electron chi connectivity index (χ0n) is 10.3. The minimum absolute atomic E-state index is 0.158.